The first-order valence-corrected chi connectivity index (χ1v) is 5.77. The maximum absolute atomic E-state index is 12.0. The summed E-state index contributed by atoms with van der Waals surface area (Å²) >= 11 is 0. The van der Waals surface area contributed by atoms with E-state index in [9.17, 15) is 9.59 Å². The summed E-state index contributed by atoms with van der Waals surface area (Å²) in [5, 5.41) is 0.803. The van der Waals surface area contributed by atoms with Crippen LogP contribution >= 0.6 is 0 Å². The molecule has 2 heterocycles. The first kappa shape index (κ1) is 11.6. The van der Waals surface area contributed by atoms with Gasteiger partial charge in [0.2, 0.25) is 0 Å². The van der Waals surface area contributed by atoms with Crippen LogP contribution in [0, 0.1) is 0 Å². The van der Waals surface area contributed by atoms with Gasteiger partial charge in [0.05, 0.1) is 11.1 Å². The highest BCUT2D eigenvalue weighted by molar-refractivity contribution is 6.20. The Morgan fingerprint density at radius 1 is 1.00 bits per heavy atom. The van der Waals surface area contributed by atoms with Crippen LogP contribution in [0.2, 0.25) is 0 Å². The van der Waals surface area contributed by atoms with Crippen LogP contribution < -0.4 is 0 Å². The van der Waals surface area contributed by atoms with Crippen molar-refractivity contribution >= 4 is 11.8 Å². The quantitative estimate of drug-likeness (QED) is 0.784. The average molecular weight is 254 g/mol. The number of nitrogens with zero attached hydrogens (tertiary/aromatic N) is 2. The van der Waals surface area contributed by atoms with Crippen LogP contribution in [-0.2, 0) is 11.4 Å². The van der Waals surface area contributed by atoms with Crippen molar-refractivity contribution in [2.75, 3.05) is 0 Å². The average Bonchev–Trinajstić information content (AvgIpc) is 2.71. The van der Waals surface area contributed by atoms with Gasteiger partial charge >= 0.3 is 0 Å². The number of aromatic nitrogens is 1. The molecule has 19 heavy (non-hydrogen) atoms. The van der Waals surface area contributed by atoms with Crippen molar-refractivity contribution in [2.24, 2.45) is 0 Å². The second-order valence-corrected chi connectivity index (χ2v) is 4.08. The van der Waals surface area contributed by atoms with E-state index in [1.807, 2.05) is 6.07 Å². The summed E-state index contributed by atoms with van der Waals surface area (Å²) in [7, 11) is 0. The Morgan fingerprint density at radius 2 is 1.68 bits per heavy atom. The second kappa shape index (κ2) is 4.62. The Labute approximate surface area is 109 Å². The molecule has 0 fully saturated rings. The minimum Gasteiger partial charge on any atom is -0.266 e. The van der Waals surface area contributed by atoms with E-state index in [4.69, 9.17) is 4.84 Å². The van der Waals surface area contributed by atoms with Crippen LogP contribution in [0.4, 0.5) is 0 Å². The van der Waals surface area contributed by atoms with Crippen molar-refractivity contribution < 1.29 is 14.4 Å². The van der Waals surface area contributed by atoms with E-state index in [0.717, 1.165) is 10.6 Å². The molecular formula is C14H10N2O3. The van der Waals surface area contributed by atoms with Crippen LogP contribution in [0.15, 0.2) is 48.8 Å². The third kappa shape index (κ3) is 2.00. The van der Waals surface area contributed by atoms with Gasteiger partial charge in [-0.3, -0.25) is 19.4 Å². The SMILES string of the molecule is O=C1c2ccccc2C(=O)N1OCc1cccnc1. The Kier molecular flexibility index (Phi) is 2.81. The van der Waals surface area contributed by atoms with E-state index in [-0.39, 0.29) is 6.61 Å². The van der Waals surface area contributed by atoms with Gasteiger partial charge in [-0.05, 0) is 23.8 Å². The third-order valence-electron chi connectivity index (χ3n) is 2.84. The molecule has 0 radical (unpaired) electrons. The van der Waals surface area contributed by atoms with Crippen LogP contribution in [0.1, 0.15) is 26.3 Å². The van der Waals surface area contributed by atoms with Gasteiger partial charge in [-0.25, -0.2) is 0 Å². The molecule has 1 aromatic carbocycles. The number of hydroxylamine groups is 2. The van der Waals surface area contributed by atoms with Gasteiger partial charge < -0.3 is 0 Å². The Bertz CT molecular complexity index is 605. The zero-order chi connectivity index (χ0) is 13.2. The summed E-state index contributed by atoms with van der Waals surface area (Å²) < 4.78 is 0. The van der Waals surface area contributed by atoms with Crippen LogP contribution in [-0.4, -0.2) is 21.9 Å². The topological polar surface area (TPSA) is 59.5 Å². The number of carbonyl (C=O) groups excluding carboxylic acids is 2. The third-order valence-corrected chi connectivity index (χ3v) is 2.84. The molecule has 1 aromatic heterocycles. The van der Waals surface area contributed by atoms with Gasteiger partial charge in [-0.15, -0.1) is 5.06 Å². The zero-order valence-electron chi connectivity index (χ0n) is 9.95. The predicted molar refractivity (Wildman–Crippen MR) is 66.0 cm³/mol. The number of pyridine rings is 1. The first-order chi connectivity index (χ1) is 9.27. The molecule has 2 amide bonds. The van der Waals surface area contributed by atoms with Crippen LogP contribution in [0.5, 0.6) is 0 Å². The molecule has 0 spiro atoms. The molecule has 0 unspecified atom stereocenters. The maximum Gasteiger partial charge on any atom is 0.285 e. The minimum absolute atomic E-state index is 0.124. The lowest BCUT2D eigenvalue weighted by Crippen LogP contribution is -2.29. The number of benzene rings is 1. The minimum atomic E-state index is -0.426. The highest BCUT2D eigenvalue weighted by atomic mass is 16.7. The van der Waals surface area contributed by atoms with Crippen LogP contribution in [0.3, 0.4) is 0 Å². The maximum atomic E-state index is 12.0. The van der Waals surface area contributed by atoms with E-state index >= 15 is 0 Å². The molecule has 0 saturated heterocycles. The van der Waals surface area contributed by atoms with Gasteiger partial charge in [0.15, 0.2) is 0 Å². The molecule has 5 heteroatoms. The van der Waals surface area contributed by atoms with Gasteiger partial charge in [0.1, 0.15) is 6.61 Å². The molecule has 0 N–H and O–H groups in total. The van der Waals surface area contributed by atoms with Crippen molar-refractivity contribution in [3.05, 3.63) is 65.5 Å². The monoisotopic (exact) mass is 254 g/mol. The molecule has 1 aliphatic rings. The Hall–Kier alpha value is -2.53. The van der Waals surface area contributed by atoms with Crippen LogP contribution in [0.25, 0.3) is 0 Å². The van der Waals surface area contributed by atoms with Crippen molar-refractivity contribution in [1.29, 1.82) is 0 Å². The molecule has 94 valence electrons. The summed E-state index contributed by atoms with van der Waals surface area (Å²) in [6.45, 7) is 0.124. The fourth-order valence-corrected chi connectivity index (χ4v) is 1.91. The molecule has 0 saturated carbocycles. The molecule has 5 nitrogen and oxygen atoms in total. The predicted octanol–water partition coefficient (Wildman–Crippen LogP) is 1.81. The van der Waals surface area contributed by atoms with E-state index in [1.165, 1.54) is 0 Å². The molecule has 1 aliphatic heterocycles. The number of fused-ring (bicyclic) bond motifs is 1. The zero-order valence-corrected chi connectivity index (χ0v) is 9.95. The summed E-state index contributed by atoms with van der Waals surface area (Å²) in [6.07, 6.45) is 3.27. The Morgan fingerprint density at radius 3 is 2.26 bits per heavy atom. The van der Waals surface area contributed by atoms with Gasteiger partial charge in [0, 0.05) is 12.4 Å². The number of carbonyl (C=O) groups is 2. The van der Waals surface area contributed by atoms with Crippen molar-refractivity contribution in [3.8, 4) is 0 Å². The largest absolute Gasteiger partial charge is 0.285 e. The summed E-state index contributed by atoms with van der Waals surface area (Å²) in [5.74, 6) is -0.853. The van der Waals surface area contributed by atoms with E-state index in [2.05, 4.69) is 4.98 Å². The molecule has 0 aliphatic carbocycles. The smallest absolute Gasteiger partial charge is 0.266 e. The fraction of sp³-hybridized carbons (Fsp3) is 0.0714. The fourth-order valence-electron chi connectivity index (χ4n) is 1.91. The lowest BCUT2D eigenvalue weighted by molar-refractivity contribution is -0.101. The molecule has 3 rings (SSSR count). The van der Waals surface area contributed by atoms with E-state index < -0.39 is 11.8 Å². The standard InChI is InChI=1S/C14H10N2O3/c17-13-11-5-1-2-6-12(11)14(18)16(13)19-9-10-4-3-7-15-8-10/h1-8H,9H2. The number of imide groups is 1. The summed E-state index contributed by atoms with van der Waals surface area (Å²) in [5.41, 5.74) is 1.54. The molecular weight excluding hydrogens is 244 g/mol. The van der Waals surface area contributed by atoms with Gasteiger partial charge in [0.25, 0.3) is 11.8 Å². The molecule has 0 bridgehead atoms. The number of amides is 2. The lowest BCUT2D eigenvalue weighted by atomic mass is 10.1. The van der Waals surface area contributed by atoms with Gasteiger partial charge in [-0.1, -0.05) is 18.2 Å². The van der Waals surface area contributed by atoms with E-state index in [0.29, 0.717) is 11.1 Å². The highest BCUT2D eigenvalue weighted by Crippen LogP contribution is 2.23. The molecule has 2 aromatic rings. The normalized spacial score (nSPS) is 13.8. The molecule has 0 atom stereocenters. The number of rotatable bonds is 3. The number of hydrogen-bond acceptors (Lipinski definition) is 4. The van der Waals surface area contributed by atoms with E-state index in [1.54, 1.807) is 42.7 Å². The Balaban J connectivity index is 1.78. The second-order valence-electron chi connectivity index (χ2n) is 4.08. The van der Waals surface area contributed by atoms with Crippen molar-refractivity contribution in [1.82, 2.24) is 10.0 Å². The number of hydrogen-bond donors (Lipinski definition) is 0. The van der Waals surface area contributed by atoms with Crippen molar-refractivity contribution in [3.63, 3.8) is 0 Å². The van der Waals surface area contributed by atoms with Gasteiger partial charge in [-0.2, -0.15) is 0 Å². The highest BCUT2D eigenvalue weighted by Gasteiger charge is 2.36. The summed E-state index contributed by atoms with van der Waals surface area (Å²) in [4.78, 5) is 33.2. The lowest BCUT2D eigenvalue weighted by Gasteiger charge is -2.12. The first-order valence-electron chi connectivity index (χ1n) is 5.77. The summed E-state index contributed by atoms with van der Waals surface area (Å²) in [6, 6.07) is 10.2. The van der Waals surface area contributed by atoms with Crippen molar-refractivity contribution in [2.45, 2.75) is 6.61 Å².